The van der Waals surface area contributed by atoms with Crippen molar-refractivity contribution < 1.29 is 19.2 Å². The standard InChI is InChI=1S/C18H15N5O5/c1-12(17(24)21-14-4-6-15(7-5-14)23(26)27)28-18(25)13-3-8-16(19-11-13)22-10-2-9-20-22/h2-12H,1H3,(H,21,24). The molecule has 0 spiro atoms. The molecule has 0 fully saturated rings. The van der Waals surface area contributed by atoms with Gasteiger partial charge >= 0.3 is 5.97 Å². The molecule has 1 aromatic carbocycles. The summed E-state index contributed by atoms with van der Waals surface area (Å²) in [5, 5.41) is 17.2. The molecule has 3 rings (SSSR count). The Bertz CT molecular complexity index is 984. The van der Waals surface area contributed by atoms with Crippen molar-refractivity contribution in [2.75, 3.05) is 5.32 Å². The molecule has 3 aromatic rings. The lowest BCUT2D eigenvalue weighted by atomic mass is 10.2. The molecular formula is C18H15N5O5. The third-order valence-corrected chi connectivity index (χ3v) is 3.72. The fourth-order valence-corrected chi connectivity index (χ4v) is 2.24. The fraction of sp³-hybridized carbons (Fsp3) is 0.111. The van der Waals surface area contributed by atoms with E-state index in [0.717, 1.165) is 0 Å². The Balaban J connectivity index is 1.58. The van der Waals surface area contributed by atoms with Gasteiger partial charge in [-0.25, -0.2) is 14.5 Å². The van der Waals surface area contributed by atoms with Crippen molar-refractivity contribution in [3.63, 3.8) is 0 Å². The van der Waals surface area contributed by atoms with Gasteiger partial charge in [-0.2, -0.15) is 5.10 Å². The lowest BCUT2D eigenvalue weighted by Crippen LogP contribution is -2.30. The maximum absolute atomic E-state index is 12.2. The normalized spacial score (nSPS) is 11.5. The average Bonchev–Trinajstić information content (AvgIpc) is 3.23. The maximum atomic E-state index is 12.2. The van der Waals surface area contributed by atoms with E-state index in [1.807, 2.05) is 0 Å². The first-order valence-electron chi connectivity index (χ1n) is 8.16. The summed E-state index contributed by atoms with van der Waals surface area (Å²) < 4.78 is 6.68. The van der Waals surface area contributed by atoms with E-state index in [0.29, 0.717) is 11.5 Å². The number of hydrogen-bond donors (Lipinski definition) is 1. The molecule has 0 radical (unpaired) electrons. The fourth-order valence-electron chi connectivity index (χ4n) is 2.24. The number of nitrogens with one attached hydrogen (secondary N) is 1. The molecule has 142 valence electrons. The molecule has 0 bridgehead atoms. The molecule has 1 amide bonds. The van der Waals surface area contributed by atoms with Gasteiger partial charge in [-0.15, -0.1) is 0 Å². The van der Waals surface area contributed by atoms with Crippen LogP contribution in [0.5, 0.6) is 0 Å². The number of hydrogen-bond acceptors (Lipinski definition) is 7. The van der Waals surface area contributed by atoms with Gasteiger partial charge in [-0.05, 0) is 37.3 Å². The molecule has 10 heteroatoms. The van der Waals surface area contributed by atoms with Crippen LogP contribution in [0.1, 0.15) is 17.3 Å². The number of anilines is 1. The van der Waals surface area contributed by atoms with Crippen molar-refractivity contribution in [2.24, 2.45) is 0 Å². The van der Waals surface area contributed by atoms with Crippen molar-refractivity contribution in [3.05, 3.63) is 76.7 Å². The van der Waals surface area contributed by atoms with Crippen LogP contribution in [0.2, 0.25) is 0 Å². The van der Waals surface area contributed by atoms with Gasteiger partial charge in [-0.1, -0.05) is 0 Å². The second-order valence-corrected chi connectivity index (χ2v) is 5.70. The second-order valence-electron chi connectivity index (χ2n) is 5.70. The van der Waals surface area contributed by atoms with Gasteiger partial charge < -0.3 is 10.1 Å². The average molecular weight is 381 g/mol. The van der Waals surface area contributed by atoms with E-state index in [4.69, 9.17) is 4.74 Å². The number of pyridine rings is 1. The zero-order chi connectivity index (χ0) is 20.1. The van der Waals surface area contributed by atoms with Gasteiger partial charge in [0, 0.05) is 36.4 Å². The van der Waals surface area contributed by atoms with Crippen LogP contribution in [-0.4, -0.2) is 37.7 Å². The minimum absolute atomic E-state index is 0.0940. The van der Waals surface area contributed by atoms with Crippen molar-refractivity contribution in [1.29, 1.82) is 0 Å². The van der Waals surface area contributed by atoms with Crippen LogP contribution in [0, 0.1) is 10.1 Å². The highest BCUT2D eigenvalue weighted by atomic mass is 16.6. The van der Waals surface area contributed by atoms with Gasteiger partial charge in [-0.3, -0.25) is 14.9 Å². The molecule has 2 aromatic heterocycles. The topological polar surface area (TPSA) is 129 Å². The highest BCUT2D eigenvalue weighted by Crippen LogP contribution is 2.16. The molecular weight excluding hydrogens is 366 g/mol. The van der Waals surface area contributed by atoms with Crippen LogP contribution < -0.4 is 5.32 Å². The molecule has 1 unspecified atom stereocenters. The lowest BCUT2D eigenvalue weighted by Gasteiger charge is -2.13. The zero-order valence-electron chi connectivity index (χ0n) is 14.7. The van der Waals surface area contributed by atoms with Crippen molar-refractivity contribution in [1.82, 2.24) is 14.8 Å². The number of carbonyl (C=O) groups is 2. The number of aromatic nitrogens is 3. The molecule has 2 heterocycles. The third kappa shape index (κ3) is 4.36. The number of carbonyl (C=O) groups excluding carboxylic acids is 2. The molecule has 0 saturated heterocycles. The second kappa shape index (κ2) is 8.08. The van der Waals surface area contributed by atoms with Crippen LogP contribution in [0.3, 0.4) is 0 Å². The molecule has 10 nitrogen and oxygen atoms in total. The van der Waals surface area contributed by atoms with E-state index in [-0.39, 0.29) is 11.3 Å². The van der Waals surface area contributed by atoms with E-state index in [2.05, 4.69) is 15.4 Å². The molecule has 0 aliphatic rings. The van der Waals surface area contributed by atoms with Gasteiger partial charge in [0.2, 0.25) is 0 Å². The first kappa shape index (κ1) is 18.7. The predicted molar refractivity (Wildman–Crippen MR) is 98.0 cm³/mol. The summed E-state index contributed by atoms with van der Waals surface area (Å²) >= 11 is 0. The Morgan fingerprint density at radius 2 is 1.96 bits per heavy atom. The number of nitro groups is 1. The lowest BCUT2D eigenvalue weighted by molar-refractivity contribution is -0.384. The Labute approximate surface area is 158 Å². The molecule has 1 atom stereocenters. The van der Waals surface area contributed by atoms with Crippen LogP contribution in [0.25, 0.3) is 5.82 Å². The molecule has 28 heavy (non-hydrogen) atoms. The molecule has 0 aliphatic heterocycles. The summed E-state index contributed by atoms with van der Waals surface area (Å²) in [5.74, 6) is -0.736. The molecule has 0 aliphatic carbocycles. The summed E-state index contributed by atoms with van der Waals surface area (Å²) in [5.41, 5.74) is 0.443. The minimum Gasteiger partial charge on any atom is -0.449 e. The summed E-state index contributed by atoms with van der Waals surface area (Å²) in [7, 11) is 0. The van der Waals surface area contributed by atoms with Crippen LogP contribution in [0.15, 0.2) is 61.1 Å². The highest BCUT2D eigenvalue weighted by Gasteiger charge is 2.19. The number of nitro benzene ring substituents is 1. The maximum Gasteiger partial charge on any atom is 0.340 e. The van der Waals surface area contributed by atoms with Gasteiger partial charge in [0.15, 0.2) is 11.9 Å². The van der Waals surface area contributed by atoms with Gasteiger partial charge in [0.1, 0.15) is 0 Å². The largest absolute Gasteiger partial charge is 0.449 e. The number of benzene rings is 1. The van der Waals surface area contributed by atoms with Crippen LogP contribution in [-0.2, 0) is 9.53 Å². The Hall–Kier alpha value is -4.08. The van der Waals surface area contributed by atoms with E-state index in [9.17, 15) is 19.7 Å². The number of ether oxygens (including phenoxy) is 1. The summed E-state index contributed by atoms with van der Waals surface area (Å²) in [6, 6.07) is 10.2. The Kier molecular flexibility index (Phi) is 5.40. The molecule has 0 saturated carbocycles. The van der Waals surface area contributed by atoms with E-state index >= 15 is 0 Å². The first-order valence-corrected chi connectivity index (χ1v) is 8.16. The van der Waals surface area contributed by atoms with Crippen molar-refractivity contribution in [2.45, 2.75) is 13.0 Å². The highest BCUT2D eigenvalue weighted by molar-refractivity contribution is 5.97. The number of non-ortho nitro benzene ring substituents is 1. The van der Waals surface area contributed by atoms with E-state index in [1.54, 1.807) is 24.5 Å². The van der Waals surface area contributed by atoms with Crippen molar-refractivity contribution in [3.8, 4) is 5.82 Å². The Morgan fingerprint density at radius 1 is 1.21 bits per heavy atom. The van der Waals surface area contributed by atoms with Gasteiger partial charge in [0.25, 0.3) is 11.6 Å². The van der Waals surface area contributed by atoms with Crippen molar-refractivity contribution >= 4 is 23.3 Å². The monoisotopic (exact) mass is 381 g/mol. The quantitative estimate of drug-likeness (QED) is 0.394. The summed E-state index contributed by atoms with van der Waals surface area (Å²) in [6.07, 6.45) is 3.58. The first-order chi connectivity index (χ1) is 13.4. The van der Waals surface area contributed by atoms with Crippen LogP contribution >= 0.6 is 0 Å². The Morgan fingerprint density at radius 3 is 2.54 bits per heavy atom. The van der Waals surface area contributed by atoms with E-state index in [1.165, 1.54) is 48.1 Å². The predicted octanol–water partition coefficient (Wildman–Crippen LogP) is 2.36. The number of rotatable bonds is 6. The number of esters is 1. The smallest absolute Gasteiger partial charge is 0.340 e. The van der Waals surface area contributed by atoms with Gasteiger partial charge in [0.05, 0.1) is 10.5 Å². The third-order valence-electron chi connectivity index (χ3n) is 3.72. The number of amides is 1. The number of nitrogens with zero attached hydrogens (tertiary/aromatic N) is 4. The molecule has 1 N–H and O–H groups in total. The SMILES string of the molecule is CC(OC(=O)c1ccc(-n2cccn2)nc1)C(=O)Nc1ccc([N+](=O)[O-])cc1. The summed E-state index contributed by atoms with van der Waals surface area (Å²) in [4.78, 5) is 38.6. The van der Waals surface area contributed by atoms with E-state index < -0.39 is 22.9 Å². The minimum atomic E-state index is -1.08. The zero-order valence-corrected chi connectivity index (χ0v) is 14.7. The summed E-state index contributed by atoms with van der Waals surface area (Å²) in [6.45, 7) is 1.42. The van der Waals surface area contributed by atoms with Crippen LogP contribution in [0.4, 0.5) is 11.4 Å².